The Kier molecular flexibility index (Phi) is 7.94. The molecule has 0 aromatic heterocycles. The summed E-state index contributed by atoms with van der Waals surface area (Å²) in [6.45, 7) is 6.47. The summed E-state index contributed by atoms with van der Waals surface area (Å²) in [5, 5.41) is 8.64. The molecule has 0 bridgehead atoms. The average molecular weight is 438 g/mol. The molecule has 4 heterocycles. The van der Waals surface area contributed by atoms with Crippen LogP contribution >= 0.6 is 0 Å². The highest BCUT2D eigenvalue weighted by Crippen LogP contribution is 2.35. The molecule has 0 radical (unpaired) electrons. The summed E-state index contributed by atoms with van der Waals surface area (Å²) in [6.07, 6.45) is 0.167. The number of rotatable bonds is 3. The van der Waals surface area contributed by atoms with Gasteiger partial charge in [0, 0.05) is 26.3 Å². The van der Waals surface area contributed by atoms with Crippen LogP contribution in [-0.2, 0) is 23.9 Å². The van der Waals surface area contributed by atoms with Crippen molar-refractivity contribution in [3.63, 3.8) is 0 Å². The number of hydrogen-bond acceptors (Lipinski definition) is 6. The smallest absolute Gasteiger partial charge is 0.475 e. The van der Waals surface area contributed by atoms with Crippen LogP contribution in [0.3, 0.4) is 0 Å². The Balaban J connectivity index is 0.000000318. The summed E-state index contributed by atoms with van der Waals surface area (Å²) in [4.78, 5) is 29.3. The van der Waals surface area contributed by atoms with Gasteiger partial charge in [0.1, 0.15) is 6.10 Å². The molecule has 3 atom stereocenters. The number of likely N-dealkylation sites (tertiary alicyclic amines) is 1. The van der Waals surface area contributed by atoms with Gasteiger partial charge in [0.2, 0.25) is 0 Å². The van der Waals surface area contributed by atoms with Gasteiger partial charge in [-0.15, -0.1) is 0 Å². The minimum Gasteiger partial charge on any atom is -0.475 e. The van der Waals surface area contributed by atoms with E-state index in [9.17, 15) is 18.0 Å². The number of piperidine rings is 1. The molecular formula is C19H29F3N2O6. The van der Waals surface area contributed by atoms with Gasteiger partial charge in [-0.05, 0) is 50.5 Å². The van der Waals surface area contributed by atoms with Crippen molar-refractivity contribution >= 4 is 11.9 Å². The van der Waals surface area contributed by atoms with Gasteiger partial charge in [0.25, 0.3) is 5.91 Å². The molecule has 8 nitrogen and oxygen atoms in total. The highest BCUT2D eigenvalue weighted by atomic mass is 19.4. The van der Waals surface area contributed by atoms with Crippen LogP contribution in [0.25, 0.3) is 0 Å². The first kappa shape index (κ1) is 23.2. The molecular weight excluding hydrogens is 409 g/mol. The van der Waals surface area contributed by atoms with Crippen LogP contribution in [0.1, 0.15) is 32.1 Å². The average Bonchev–Trinajstić information content (AvgIpc) is 3.38. The lowest BCUT2D eigenvalue weighted by Crippen LogP contribution is -2.45. The summed E-state index contributed by atoms with van der Waals surface area (Å²) in [5.74, 6) is -1.42. The van der Waals surface area contributed by atoms with Gasteiger partial charge in [0.15, 0.2) is 0 Å². The molecule has 0 aromatic carbocycles. The largest absolute Gasteiger partial charge is 0.490 e. The number of aliphatic carboxylic acids is 1. The third kappa shape index (κ3) is 6.29. The number of hydroxylamine groups is 2. The van der Waals surface area contributed by atoms with Crippen LogP contribution in [0.5, 0.6) is 0 Å². The topological polar surface area (TPSA) is 88.5 Å². The number of fused-ring (bicyclic) bond motifs is 1. The summed E-state index contributed by atoms with van der Waals surface area (Å²) in [7, 11) is 0. The molecule has 1 amide bonds. The van der Waals surface area contributed by atoms with E-state index in [1.54, 1.807) is 0 Å². The highest BCUT2D eigenvalue weighted by Gasteiger charge is 2.44. The monoisotopic (exact) mass is 438 g/mol. The van der Waals surface area contributed by atoms with E-state index in [4.69, 9.17) is 24.2 Å². The second-order valence-electron chi connectivity index (χ2n) is 8.19. The lowest BCUT2D eigenvalue weighted by atomic mass is 9.90. The number of ether oxygens (including phenoxy) is 2. The zero-order chi connectivity index (χ0) is 21.7. The molecule has 0 aromatic rings. The molecule has 172 valence electrons. The van der Waals surface area contributed by atoms with Crippen LogP contribution in [0.4, 0.5) is 13.2 Å². The Morgan fingerprint density at radius 2 is 1.77 bits per heavy atom. The van der Waals surface area contributed by atoms with Crippen molar-refractivity contribution in [3.05, 3.63) is 0 Å². The molecule has 0 saturated carbocycles. The first-order chi connectivity index (χ1) is 14.2. The fraction of sp³-hybridized carbons (Fsp3) is 0.895. The number of halogens is 3. The van der Waals surface area contributed by atoms with Crippen molar-refractivity contribution in [2.24, 2.45) is 11.8 Å². The molecule has 4 aliphatic heterocycles. The van der Waals surface area contributed by atoms with Crippen molar-refractivity contribution < 1.29 is 42.2 Å². The fourth-order valence-corrected chi connectivity index (χ4v) is 4.40. The van der Waals surface area contributed by atoms with E-state index in [1.165, 1.54) is 17.9 Å². The van der Waals surface area contributed by atoms with Gasteiger partial charge in [-0.2, -0.15) is 13.2 Å². The van der Waals surface area contributed by atoms with Gasteiger partial charge >= 0.3 is 12.1 Å². The van der Waals surface area contributed by atoms with Crippen LogP contribution in [0.15, 0.2) is 0 Å². The standard InChI is InChI=1S/C17H28N2O4.C2HF3O2/c20-17(19-5-1-7-22-19)15-10-14-2-6-18(12-16(14)23-15)11-13-3-8-21-9-4-13;3-2(4,5)1(6)7/h13-16H,1-12H2;(H,6,7)/t14-,15+,16+;/m0./s1. The van der Waals surface area contributed by atoms with E-state index in [-0.39, 0.29) is 18.1 Å². The van der Waals surface area contributed by atoms with E-state index in [0.29, 0.717) is 19.1 Å². The summed E-state index contributed by atoms with van der Waals surface area (Å²) >= 11 is 0. The second-order valence-corrected chi connectivity index (χ2v) is 8.19. The molecule has 0 spiro atoms. The Hall–Kier alpha value is -1.43. The lowest BCUT2D eigenvalue weighted by molar-refractivity contribution is -0.192. The van der Waals surface area contributed by atoms with Gasteiger partial charge in [-0.3, -0.25) is 9.63 Å². The molecule has 0 aliphatic carbocycles. The van der Waals surface area contributed by atoms with E-state index >= 15 is 0 Å². The number of carboxylic acid groups (broad SMARTS) is 1. The Morgan fingerprint density at radius 3 is 2.37 bits per heavy atom. The van der Waals surface area contributed by atoms with E-state index in [1.807, 2.05) is 0 Å². The van der Waals surface area contributed by atoms with Crippen molar-refractivity contribution in [2.45, 2.75) is 50.5 Å². The number of carbonyl (C=O) groups is 2. The highest BCUT2D eigenvalue weighted by molar-refractivity contribution is 5.80. The van der Waals surface area contributed by atoms with Crippen molar-refractivity contribution in [1.29, 1.82) is 0 Å². The van der Waals surface area contributed by atoms with Gasteiger partial charge in [-0.1, -0.05) is 0 Å². The first-order valence-corrected chi connectivity index (χ1v) is 10.4. The number of carbonyl (C=O) groups excluding carboxylic acids is 1. The van der Waals surface area contributed by atoms with E-state index in [0.717, 1.165) is 58.0 Å². The maximum absolute atomic E-state index is 12.4. The Morgan fingerprint density at radius 1 is 1.07 bits per heavy atom. The lowest BCUT2D eigenvalue weighted by Gasteiger charge is -2.36. The molecule has 4 aliphatic rings. The molecule has 30 heavy (non-hydrogen) atoms. The van der Waals surface area contributed by atoms with Crippen LogP contribution in [0.2, 0.25) is 0 Å². The van der Waals surface area contributed by atoms with E-state index < -0.39 is 12.1 Å². The predicted molar refractivity (Wildman–Crippen MR) is 97.3 cm³/mol. The van der Waals surface area contributed by atoms with E-state index in [2.05, 4.69) is 4.90 Å². The first-order valence-electron chi connectivity index (χ1n) is 10.4. The summed E-state index contributed by atoms with van der Waals surface area (Å²) in [5.41, 5.74) is 0. The molecule has 4 saturated heterocycles. The predicted octanol–water partition coefficient (Wildman–Crippen LogP) is 1.69. The van der Waals surface area contributed by atoms with Gasteiger partial charge in [-0.25, -0.2) is 9.86 Å². The molecule has 0 unspecified atom stereocenters. The SMILES string of the molecule is O=C(O)C(F)(F)F.O=C([C@H]1C[C@@H]2CCN(CC3CCOCC3)C[C@H]2O1)N1CCCO1. The maximum atomic E-state index is 12.4. The second kappa shape index (κ2) is 10.3. The number of carboxylic acids is 1. The van der Waals surface area contributed by atoms with Crippen LogP contribution in [-0.4, -0.2) is 91.3 Å². The zero-order valence-electron chi connectivity index (χ0n) is 16.8. The quantitative estimate of drug-likeness (QED) is 0.717. The van der Waals surface area contributed by atoms with Gasteiger partial charge in [0.05, 0.1) is 19.3 Å². The fourth-order valence-electron chi connectivity index (χ4n) is 4.40. The third-order valence-electron chi connectivity index (χ3n) is 6.01. The summed E-state index contributed by atoms with van der Waals surface area (Å²) < 4.78 is 43.3. The van der Waals surface area contributed by atoms with Crippen LogP contribution < -0.4 is 0 Å². The number of nitrogens with zero attached hydrogens (tertiary/aromatic N) is 2. The number of alkyl halides is 3. The van der Waals surface area contributed by atoms with Crippen LogP contribution in [0, 0.1) is 11.8 Å². The molecule has 4 fully saturated rings. The molecule has 11 heteroatoms. The zero-order valence-corrected chi connectivity index (χ0v) is 16.8. The minimum absolute atomic E-state index is 0.0351. The number of hydrogen-bond donors (Lipinski definition) is 1. The number of amides is 1. The molecule has 1 N–H and O–H groups in total. The summed E-state index contributed by atoms with van der Waals surface area (Å²) in [6, 6.07) is 0. The normalized spacial score (nSPS) is 30.5. The molecule has 4 rings (SSSR count). The third-order valence-corrected chi connectivity index (χ3v) is 6.01. The van der Waals surface area contributed by atoms with Gasteiger partial charge < -0.3 is 19.5 Å². The van der Waals surface area contributed by atoms with Crippen molar-refractivity contribution in [2.75, 3.05) is 46.0 Å². The Labute approximate surface area is 173 Å². The van der Waals surface area contributed by atoms with Crippen molar-refractivity contribution in [3.8, 4) is 0 Å². The Bertz CT molecular complexity index is 593. The maximum Gasteiger partial charge on any atom is 0.490 e. The van der Waals surface area contributed by atoms with Crippen molar-refractivity contribution in [1.82, 2.24) is 9.96 Å². The minimum atomic E-state index is -5.08.